The summed E-state index contributed by atoms with van der Waals surface area (Å²) >= 11 is 0. The minimum Gasteiger partial charge on any atom is -0.444 e. The van der Waals surface area contributed by atoms with Crippen LogP contribution in [0.2, 0.25) is 0 Å². The molecule has 0 bridgehead atoms. The summed E-state index contributed by atoms with van der Waals surface area (Å²) in [4.78, 5) is 18.0. The van der Waals surface area contributed by atoms with Gasteiger partial charge in [-0.3, -0.25) is 9.89 Å². The molecule has 1 rings (SSSR count). The smallest absolute Gasteiger partial charge is 0.412 e. The number of nitrogens with zero attached hydrogens (tertiary/aromatic N) is 2. The molecule has 0 saturated carbocycles. The Balaban J connectivity index is 0.00000441. The summed E-state index contributed by atoms with van der Waals surface area (Å²) in [6.45, 7) is 11.6. The molecule has 130 valence electrons. The normalized spacial score (nSPS) is 24.7. The first kappa shape index (κ1) is 21.2. The fourth-order valence-electron chi connectivity index (χ4n) is 2.41. The highest BCUT2D eigenvalue weighted by molar-refractivity contribution is 14.0. The lowest BCUT2D eigenvalue weighted by atomic mass is 10.1. The van der Waals surface area contributed by atoms with Gasteiger partial charge in [0.15, 0.2) is 5.96 Å². The number of rotatable bonds is 2. The fraction of sp³-hybridized carbons (Fsp3) is 0.857. The predicted molar refractivity (Wildman–Crippen MR) is 97.5 cm³/mol. The molecular weight excluding hydrogens is 399 g/mol. The van der Waals surface area contributed by atoms with E-state index < -0.39 is 17.4 Å². The number of aliphatic imine (C=N–C) groups is 1. The van der Waals surface area contributed by atoms with Crippen molar-refractivity contribution in [2.24, 2.45) is 10.7 Å². The minimum atomic E-state index is -0.730. The number of nitrogens with two attached hydrogens (primary N) is 1. The monoisotopic (exact) mass is 428 g/mol. The lowest BCUT2D eigenvalue weighted by Crippen LogP contribution is -2.54. The quantitative estimate of drug-likeness (QED) is 0.399. The van der Waals surface area contributed by atoms with E-state index in [9.17, 15) is 4.79 Å². The van der Waals surface area contributed by atoms with E-state index in [2.05, 4.69) is 10.3 Å². The highest BCUT2D eigenvalue weighted by atomic mass is 127. The van der Waals surface area contributed by atoms with Crippen molar-refractivity contribution in [2.45, 2.75) is 65.0 Å². The third kappa shape index (κ3) is 5.45. The number of ether oxygens (including phenoxy) is 2. The molecule has 1 amide bonds. The Kier molecular flexibility index (Phi) is 7.40. The molecule has 0 aromatic rings. The highest BCUT2D eigenvalue weighted by Gasteiger charge is 2.49. The second-order valence-corrected chi connectivity index (χ2v) is 6.68. The van der Waals surface area contributed by atoms with Gasteiger partial charge in [0.05, 0.1) is 12.1 Å². The number of guanidine groups is 1. The van der Waals surface area contributed by atoms with E-state index in [0.29, 0.717) is 12.5 Å². The van der Waals surface area contributed by atoms with Crippen molar-refractivity contribution in [2.75, 3.05) is 13.6 Å². The summed E-state index contributed by atoms with van der Waals surface area (Å²) in [5.74, 6) is 0.330. The first-order chi connectivity index (χ1) is 9.48. The summed E-state index contributed by atoms with van der Waals surface area (Å²) in [5, 5.41) is 2.99. The first-order valence-electron chi connectivity index (χ1n) is 7.14. The van der Waals surface area contributed by atoms with Crippen LogP contribution < -0.4 is 11.1 Å². The van der Waals surface area contributed by atoms with Gasteiger partial charge < -0.3 is 20.5 Å². The molecule has 0 spiro atoms. The molecule has 0 radical (unpaired) electrons. The number of amides is 1. The summed E-state index contributed by atoms with van der Waals surface area (Å²) < 4.78 is 11.4. The van der Waals surface area contributed by atoms with Gasteiger partial charge in [-0.1, -0.05) is 0 Å². The van der Waals surface area contributed by atoms with Crippen molar-refractivity contribution in [3.8, 4) is 0 Å². The Bertz CT molecular complexity index is 421. The SMILES string of the molecule is CN=C(N)NCC1C(C)OC(C)(C)N1C(=O)OC(C)(C)C.I. The highest BCUT2D eigenvalue weighted by Crippen LogP contribution is 2.33. The van der Waals surface area contributed by atoms with Crippen LogP contribution >= 0.6 is 24.0 Å². The number of carbonyl (C=O) groups is 1. The second-order valence-electron chi connectivity index (χ2n) is 6.68. The van der Waals surface area contributed by atoms with Gasteiger partial charge in [0.1, 0.15) is 11.3 Å². The Morgan fingerprint density at radius 3 is 2.45 bits per heavy atom. The Morgan fingerprint density at radius 2 is 2.00 bits per heavy atom. The Labute approximate surface area is 150 Å². The van der Waals surface area contributed by atoms with Crippen molar-refractivity contribution < 1.29 is 14.3 Å². The van der Waals surface area contributed by atoms with Gasteiger partial charge in [0.2, 0.25) is 0 Å². The van der Waals surface area contributed by atoms with Crippen LogP contribution in [0.25, 0.3) is 0 Å². The largest absolute Gasteiger partial charge is 0.444 e. The zero-order chi connectivity index (χ0) is 16.4. The maximum atomic E-state index is 12.5. The molecule has 1 heterocycles. The third-order valence-corrected chi connectivity index (χ3v) is 3.25. The molecule has 3 N–H and O–H groups in total. The Morgan fingerprint density at radius 1 is 1.45 bits per heavy atom. The van der Waals surface area contributed by atoms with Crippen molar-refractivity contribution in [1.82, 2.24) is 10.2 Å². The number of hydrogen-bond acceptors (Lipinski definition) is 4. The van der Waals surface area contributed by atoms with E-state index in [0.717, 1.165) is 0 Å². The molecule has 0 aromatic heterocycles. The van der Waals surface area contributed by atoms with Crippen LogP contribution in [-0.2, 0) is 9.47 Å². The number of halogens is 1. The van der Waals surface area contributed by atoms with Crippen molar-refractivity contribution >= 4 is 36.0 Å². The first-order valence-corrected chi connectivity index (χ1v) is 7.14. The van der Waals surface area contributed by atoms with Gasteiger partial charge in [0, 0.05) is 13.6 Å². The van der Waals surface area contributed by atoms with Crippen molar-refractivity contribution in [3.63, 3.8) is 0 Å². The molecule has 7 nitrogen and oxygen atoms in total. The maximum absolute atomic E-state index is 12.5. The molecule has 2 atom stereocenters. The summed E-state index contributed by atoms with van der Waals surface area (Å²) in [7, 11) is 1.60. The van der Waals surface area contributed by atoms with Crippen LogP contribution in [0.3, 0.4) is 0 Å². The van der Waals surface area contributed by atoms with Gasteiger partial charge in [-0.25, -0.2) is 4.79 Å². The van der Waals surface area contributed by atoms with Crippen LogP contribution in [-0.4, -0.2) is 54.0 Å². The molecule has 0 aromatic carbocycles. The van der Waals surface area contributed by atoms with E-state index in [4.69, 9.17) is 15.2 Å². The molecular formula is C14H29IN4O3. The molecule has 1 aliphatic heterocycles. The zero-order valence-corrected chi connectivity index (χ0v) is 16.8. The zero-order valence-electron chi connectivity index (χ0n) is 14.5. The number of carbonyl (C=O) groups excluding carboxylic acids is 1. The minimum absolute atomic E-state index is 0. The average molecular weight is 428 g/mol. The molecule has 1 saturated heterocycles. The lowest BCUT2D eigenvalue weighted by molar-refractivity contribution is -0.0755. The number of hydrogen-bond donors (Lipinski definition) is 2. The van der Waals surface area contributed by atoms with Crippen molar-refractivity contribution in [3.05, 3.63) is 0 Å². The molecule has 8 heteroatoms. The third-order valence-electron chi connectivity index (χ3n) is 3.25. The topological polar surface area (TPSA) is 89.2 Å². The molecule has 1 aliphatic rings. The van der Waals surface area contributed by atoms with E-state index >= 15 is 0 Å². The Hall–Kier alpha value is -0.770. The van der Waals surface area contributed by atoms with Crippen LogP contribution in [0.1, 0.15) is 41.5 Å². The van der Waals surface area contributed by atoms with Crippen LogP contribution in [0.15, 0.2) is 4.99 Å². The maximum Gasteiger partial charge on any atom is 0.412 e. The van der Waals surface area contributed by atoms with Crippen LogP contribution in [0.5, 0.6) is 0 Å². The van der Waals surface area contributed by atoms with Crippen LogP contribution in [0.4, 0.5) is 4.79 Å². The molecule has 1 fully saturated rings. The molecule has 2 unspecified atom stereocenters. The average Bonchev–Trinajstić information content (AvgIpc) is 2.52. The van der Waals surface area contributed by atoms with Crippen LogP contribution in [0, 0.1) is 0 Å². The van der Waals surface area contributed by atoms with Gasteiger partial charge in [-0.05, 0) is 41.5 Å². The lowest BCUT2D eigenvalue weighted by Gasteiger charge is -2.35. The van der Waals surface area contributed by atoms with Gasteiger partial charge in [0.25, 0.3) is 0 Å². The molecule has 0 aliphatic carbocycles. The summed E-state index contributed by atoms with van der Waals surface area (Å²) in [5.41, 5.74) is 4.37. The predicted octanol–water partition coefficient (Wildman–Crippen LogP) is 1.90. The summed E-state index contributed by atoms with van der Waals surface area (Å²) in [6, 6.07) is -0.185. The number of nitrogens with one attached hydrogen (secondary N) is 1. The van der Waals surface area contributed by atoms with E-state index in [1.165, 1.54) is 0 Å². The fourth-order valence-corrected chi connectivity index (χ4v) is 2.41. The van der Waals surface area contributed by atoms with Gasteiger partial charge >= 0.3 is 6.09 Å². The summed E-state index contributed by atoms with van der Waals surface area (Å²) in [6.07, 6.45) is -0.527. The van der Waals surface area contributed by atoms with Gasteiger partial charge in [-0.2, -0.15) is 0 Å². The van der Waals surface area contributed by atoms with E-state index in [1.807, 2.05) is 41.5 Å². The van der Waals surface area contributed by atoms with E-state index in [1.54, 1.807) is 11.9 Å². The second kappa shape index (κ2) is 7.67. The van der Waals surface area contributed by atoms with Gasteiger partial charge in [-0.15, -0.1) is 24.0 Å². The van der Waals surface area contributed by atoms with E-state index in [-0.39, 0.29) is 36.1 Å². The van der Waals surface area contributed by atoms with Crippen molar-refractivity contribution in [1.29, 1.82) is 0 Å². The molecule has 22 heavy (non-hydrogen) atoms. The standard InChI is InChI=1S/C14H28N4O3.HI/c1-9-10(8-17-11(15)16-7)18(14(5,6)20-9)12(19)21-13(2,3)4;/h9-10H,8H2,1-7H3,(H3,15,16,17);1H.